The van der Waals surface area contributed by atoms with E-state index in [0.717, 1.165) is 23.2 Å². The molecule has 0 aromatic carbocycles. The van der Waals surface area contributed by atoms with Gasteiger partial charge in [0.25, 0.3) is 5.91 Å². The lowest BCUT2D eigenvalue weighted by Crippen LogP contribution is -2.27. The number of hydrogen-bond donors (Lipinski definition) is 1. The van der Waals surface area contributed by atoms with E-state index in [1.54, 1.807) is 11.3 Å². The Labute approximate surface area is 110 Å². The van der Waals surface area contributed by atoms with Gasteiger partial charge in [-0.3, -0.25) is 4.79 Å². The van der Waals surface area contributed by atoms with Gasteiger partial charge in [-0.15, -0.1) is 11.3 Å². The summed E-state index contributed by atoms with van der Waals surface area (Å²) in [6.45, 7) is 6.98. The zero-order valence-corrected chi connectivity index (χ0v) is 12.4. The van der Waals surface area contributed by atoms with Crippen LogP contribution in [0.5, 0.6) is 0 Å². The normalized spacial score (nSPS) is 12.5. The van der Waals surface area contributed by atoms with Gasteiger partial charge in [0.2, 0.25) is 0 Å². The minimum absolute atomic E-state index is 0.0580. The van der Waals surface area contributed by atoms with Gasteiger partial charge in [-0.25, -0.2) is 0 Å². The van der Waals surface area contributed by atoms with Gasteiger partial charge < -0.3 is 5.32 Å². The Morgan fingerprint density at radius 2 is 2.25 bits per heavy atom. The van der Waals surface area contributed by atoms with Crippen LogP contribution in [0.15, 0.2) is 6.07 Å². The zero-order valence-electron chi connectivity index (χ0n) is 9.97. The van der Waals surface area contributed by atoms with Crippen LogP contribution in [0.2, 0.25) is 0 Å². The van der Waals surface area contributed by atoms with E-state index in [2.05, 4.69) is 28.2 Å². The fraction of sp³-hybridized carbons (Fsp3) is 0.583. The van der Waals surface area contributed by atoms with Crippen LogP contribution in [0.1, 0.15) is 33.5 Å². The summed E-state index contributed by atoms with van der Waals surface area (Å²) in [6.07, 6.45) is 1.09. The van der Waals surface area contributed by atoms with Crippen molar-refractivity contribution >= 4 is 33.2 Å². The van der Waals surface area contributed by atoms with Crippen LogP contribution in [0, 0.1) is 19.8 Å². The highest BCUT2D eigenvalue weighted by Crippen LogP contribution is 2.20. The number of hydrogen-bond acceptors (Lipinski definition) is 2. The molecule has 2 nitrogen and oxygen atoms in total. The molecule has 0 aliphatic heterocycles. The quantitative estimate of drug-likeness (QED) is 0.829. The average molecular weight is 304 g/mol. The standard InChI is InChI=1S/C12H18BrNOS/c1-8(4-5-13)7-14-12(15)11-6-9(2)10(3)16-11/h6,8H,4-5,7H2,1-3H3,(H,14,15). The largest absolute Gasteiger partial charge is 0.351 e. The number of rotatable bonds is 5. The molecule has 0 aliphatic rings. The highest BCUT2D eigenvalue weighted by atomic mass is 79.9. The molecule has 1 atom stereocenters. The number of aryl methyl sites for hydroxylation is 2. The van der Waals surface area contributed by atoms with Crippen molar-refractivity contribution in [3.8, 4) is 0 Å². The predicted octanol–water partition coefficient (Wildman–Crippen LogP) is 3.52. The van der Waals surface area contributed by atoms with E-state index in [9.17, 15) is 4.79 Å². The van der Waals surface area contributed by atoms with Gasteiger partial charge in [0.05, 0.1) is 4.88 Å². The van der Waals surface area contributed by atoms with Gasteiger partial charge in [-0.1, -0.05) is 22.9 Å². The van der Waals surface area contributed by atoms with Crippen LogP contribution < -0.4 is 5.32 Å². The summed E-state index contributed by atoms with van der Waals surface area (Å²) < 4.78 is 0. The topological polar surface area (TPSA) is 29.1 Å². The molecule has 0 spiro atoms. The van der Waals surface area contributed by atoms with Gasteiger partial charge in [-0.2, -0.15) is 0 Å². The highest BCUT2D eigenvalue weighted by molar-refractivity contribution is 9.09. The SMILES string of the molecule is Cc1cc(C(=O)NCC(C)CCBr)sc1C. The van der Waals surface area contributed by atoms with Gasteiger partial charge in [0.1, 0.15) is 0 Å². The van der Waals surface area contributed by atoms with Crippen molar-refractivity contribution in [1.82, 2.24) is 5.32 Å². The summed E-state index contributed by atoms with van der Waals surface area (Å²) in [7, 11) is 0. The van der Waals surface area contributed by atoms with Crippen LogP contribution in [0.3, 0.4) is 0 Å². The molecule has 0 bridgehead atoms. The lowest BCUT2D eigenvalue weighted by atomic mass is 10.1. The third-order valence-electron chi connectivity index (χ3n) is 2.60. The maximum atomic E-state index is 11.8. The second-order valence-electron chi connectivity index (χ2n) is 4.14. The molecule has 4 heteroatoms. The van der Waals surface area contributed by atoms with Crippen molar-refractivity contribution in [1.29, 1.82) is 0 Å². The fourth-order valence-corrected chi connectivity index (χ4v) is 3.06. The Hall–Kier alpha value is -0.350. The molecule has 0 fully saturated rings. The smallest absolute Gasteiger partial charge is 0.261 e. The van der Waals surface area contributed by atoms with E-state index in [4.69, 9.17) is 0 Å². The number of nitrogens with one attached hydrogen (secondary N) is 1. The molecule has 16 heavy (non-hydrogen) atoms. The summed E-state index contributed by atoms with van der Waals surface area (Å²) in [4.78, 5) is 13.8. The summed E-state index contributed by atoms with van der Waals surface area (Å²) in [5, 5.41) is 3.96. The van der Waals surface area contributed by atoms with Gasteiger partial charge in [-0.05, 0) is 37.8 Å². The number of halogens is 1. The lowest BCUT2D eigenvalue weighted by molar-refractivity contribution is 0.0952. The molecule has 90 valence electrons. The summed E-state index contributed by atoms with van der Waals surface area (Å²) >= 11 is 4.97. The maximum absolute atomic E-state index is 11.8. The van der Waals surface area contributed by atoms with Gasteiger partial charge in [0.15, 0.2) is 0 Å². The monoisotopic (exact) mass is 303 g/mol. The van der Waals surface area contributed by atoms with E-state index in [1.807, 2.05) is 19.9 Å². The van der Waals surface area contributed by atoms with Crippen LogP contribution in [0.4, 0.5) is 0 Å². The maximum Gasteiger partial charge on any atom is 0.261 e. The molecular formula is C12H18BrNOS. The Kier molecular flexibility index (Phi) is 5.49. The van der Waals surface area contributed by atoms with Crippen LogP contribution >= 0.6 is 27.3 Å². The first-order valence-electron chi connectivity index (χ1n) is 5.45. The summed E-state index contributed by atoms with van der Waals surface area (Å²) in [6, 6.07) is 1.96. The fourth-order valence-electron chi connectivity index (χ4n) is 1.33. The number of carbonyl (C=O) groups is 1. The van der Waals surface area contributed by atoms with Crippen molar-refractivity contribution in [3.63, 3.8) is 0 Å². The van der Waals surface area contributed by atoms with Crippen molar-refractivity contribution in [2.75, 3.05) is 11.9 Å². The number of alkyl halides is 1. The van der Waals surface area contributed by atoms with Gasteiger partial charge in [0, 0.05) is 16.8 Å². The molecule has 1 N–H and O–H groups in total. The van der Waals surface area contributed by atoms with Crippen molar-refractivity contribution < 1.29 is 4.79 Å². The van der Waals surface area contributed by atoms with E-state index in [0.29, 0.717) is 5.92 Å². The zero-order chi connectivity index (χ0) is 12.1. The molecule has 1 rings (SSSR count). The minimum Gasteiger partial charge on any atom is -0.351 e. The van der Waals surface area contributed by atoms with Crippen LogP contribution in [-0.4, -0.2) is 17.8 Å². The third kappa shape index (κ3) is 3.91. The average Bonchev–Trinajstić information content (AvgIpc) is 2.56. The molecule has 0 aliphatic carbocycles. The predicted molar refractivity (Wildman–Crippen MR) is 73.7 cm³/mol. The van der Waals surface area contributed by atoms with E-state index in [-0.39, 0.29) is 5.91 Å². The van der Waals surface area contributed by atoms with E-state index < -0.39 is 0 Å². The molecular weight excluding hydrogens is 286 g/mol. The molecule has 0 saturated carbocycles. The van der Waals surface area contributed by atoms with E-state index >= 15 is 0 Å². The molecule has 1 aromatic rings. The van der Waals surface area contributed by atoms with Crippen molar-refractivity contribution in [2.45, 2.75) is 27.2 Å². The van der Waals surface area contributed by atoms with Crippen LogP contribution in [-0.2, 0) is 0 Å². The molecule has 1 heterocycles. The first kappa shape index (κ1) is 13.7. The Balaban J connectivity index is 2.46. The minimum atomic E-state index is 0.0580. The highest BCUT2D eigenvalue weighted by Gasteiger charge is 2.11. The Morgan fingerprint density at radius 1 is 1.56 bits per heavy atom. The number of thiophene rings is 1. The van der Waals surface area contributed by atoms with Crippen molar-refractivity contribution in [2.24, 2.45) is 5.92 Å². The molecule has 0 saturated heterocycles. The first-order chi connectivity index (χ1) is 7.54. The molecule has 1 amide bonds. The Bertz CT molecular complexity index is 342. The molecule has 1 unspecified atom stereocenters. The van der Waals surface area contributed by atoms with Gasteiger partial charge >= 0.3 is 0 Å². The lowest BCUT2D eigenvalue weighted by Gasteiger charge is -2.09. The number of carbonyl (C=O) groups excluding carboxylic acids is 1. The van der Waals surface area contributed by atoms with Crippen molar-refractivity contribution in [3.05, 3.63) is 21.4 Å². The second kappa shape index (κ2) is 6.40. The van der Waals surface area contributed by atoms with Crippen LogP contribution in [0.25, 0.3) is 0 Å². The Morgan fingerprint density at radius 3 is 2.75 bits per heavy atom. The number of amides is 1. The van der Waals surface area contributed by atoms with E-state index in [1.165, 1.54) is 10.4 Å². The molecule has 1 aromatic heterocycles. The molecule has 0 radical (unpaired) electrons. The third-order valence-corrected chi connectivity index (χ3v) is 4.21. The summed E-state index contributed by atoms with van der Waals surface area (Å²) in [5.41, 5.74) is 1.20. The summed E-state index contributed by atoms with van der Waals surface area (Å²) in [5.74, 6) is 0.577. The second-order valence-corrected chi connectivity index (χ2v) is 6.19. The first-order valence-corrected chi connectivity index (χ1v) is 7.39.